The van der Waals surface area contributed by atoms with Gasteiger partial charge in [-0.05, 0) is 51.4 Å². The minimum absolute atomic E-state index is 0.102. The van der Waals surface area contributed by atoms with Gasteiger partial charge < -0.3 is 10.6 Å². The van der Waals surface area contributed by atoms with Crippen LogP contribution >= 0.6 is 11.6 Å². The van der Waals surface area contributed by atoms with Gasteiger partial charge in [-0.1, -0.05) is 11.6 Å². The van der Waals surface area contributed by atoms with Crippen molar-refractivity contribution < 1.29 is 4.39 Å². The molecule has 0 aromatic heterocycles. The summed E-state index contributed by atoms with van der Waals surface area (Å²) < 4.78 is 13.6. The Hall–Kier alpha value is -0.800. The smallest absolute Gasteiger partial charge is 0.146 e. The monoisotopic (exact) mass is 256 g/mol. The summed E-state index contributed by atoms with van der Waals surface area (Å²) in [7, 11) is 0. The van der Waals surface area contributed by atoms with Crippen LogP contribution in [0.5, 0.6) is 0 Å². The molecule has 0 bridgehead atoms. The van der Waals surface area contributed by atoms with Crippen molar-refractivity contribution in [3.8, 4) is 0 Å². The lowest BCUT2D eigenvalue weighted by atomic mass is 9.89. The minimum atomic E-state index is -0.245. The van der Waals surface area contributed by atoms with Crippen LogP contribution < -0.4 is 10.6 Å². The molecule has 1 saturated heterocycles. The van der Waals surface area contributed by atoms with Crippen LogP contribution in [0.3, 0.4) is 0 Å². The third-order valence-electron chi connectivity index (χ3n) is 3.14. The maximum Gasteiger partial charge on any atom is 0.146 e. The molecular formula is C13H18ClFN2. The largest absolute Gasteiger partial charge is 0.380 e. The van der Waals surface area contributed by atoms with E-state index >= 15 is 0 Å². The molecule has 0 aliphatic carbocycles. The van der Waals surface area contributed by atoms with Gasteiger partial charge >= 0.3 is 0 Å². The highest BCUT2D eigenvalue weighted by Crippen LogP contribution is 2.25. The Morgan fingerprint density at radius 2 is 2.24 bits per heavy atom. The molecule has 4 heteroatoms. The molecule has 0 radical (unpaired) electrons. The predicted octanol–water partition coefficient (Wildman–Crippen LogP) is 3.42. The van der Waals surface area contributed by atoms with Crippen molar-refractivity contribution in [1.29, 1.82) is 0 Å². The van der Waals surface area contributed by atoms with Crippen molar-refractivity contribution >= 4 is 17.3 Å². The fourth-order valence-electron chi connectivity index (χ4n) is 2.33. The summed E-state index contributed by atoms with van der Waals surface area (Å²) in [6.45, 7) is 5.27. The average Bonchev–Trinajstić information content (AvgIpc) is 2.22. The Morgan fingerprint density at radius 1 is 1.47 bits per heavy atom. The molecule has 1 fully saturated rings. The highest BCUT2D eigenvalue weighted by Gasteiger charge is 2.27. The van der Waals surface area contributed by atoms with Crippen LogP contribution in [0.1, 0.15) is 26.7 Å². The van der Waals surface area contributed by atoms with E-state index in [9.17, 15) is 4.39 Å². The van der Waals surface area contributed by atoms with Crippen molar-refractivity contribution in [3.05, 3.63) is 29.0 Å². The zero-order valence-corrected chi connectivity index (χ0v) is 10.9. The molecule has 1 aromatic rings. The third kappa shape index (κ3) is 3.33. The second-order valence-electron chi connectivity index (χ2n) is 5.27. The lowest BCUT2D eigenvalue weighted by Crippen LogP contribution is -2.50. The van der Waals surface area contributed by atoms with Crippen molar-refractivity contribution in [1.82, 2.24) is 5.32 Å². The molecule has 17 heavy (non-hydrogen) atoms. The van der Waals surface area contributed by atoms with Gasteiger partial charge in [-0.3, -0.25) is 0 Å². The van der Waals surface area contributed by atoms with Gasteiger partial charge in [0.05, 0.1) is 5.69 Å². The van der Waals surface area contributed by atoms with Crippen molar-refractivity contribution in [3.63, 3.8) is 0 Å². The molecule has 2 nitrogen and oxygen atoms in total. The standard InChI is InChI=1S/C13H18ClFN2/c1-13(2)8-10(5-6-16-13)17-12-7-9(14)3-4-11(12)15/h3-4,7,10,16-17H,5-6,8H2,1-2H3. The van der Waals surface area contributed by atoms with Crippen LogP contribution in [0, 0.1) is 5.82 Å². The Kier molecular flexibility index (Phi) is 3.59. The second-order valence-corrected chi connectivity index (χ2v) is 5.71. The molecule has 0 spiro atoms. The number of hydrogen-bond acceptors (Lipinski definition) is 2. The first-order chi connectivity index (χ1) is 7.96. The van der Waals surface area contributed by atoms with E-state index in [2.05, 4.69) is 24.5 Å². The van der Waals surface area contributed by atoms with Crippen molar-refractivity contribution in [2.75, 3.05) is 11.9 Å². The van der Waals surface area contributed by atoms with Crippen LogP contribution in [0.25, 0.3) is 0 Å². The normalized spacial score (nSPS) is 23.4. The first kappa shape index (κ1) is 12.7. The van der Waals surface area contributed by atoms with E-state index in [1.165, 1.54) is 6.07 Å². The molecular weight excluding hydrogens is 239 g/mol. The number of halogens is 2. The summed E-state index contributed by atoms with van der Waals surface area (Å²) >= 11 is 5.87. The van der Waals surface area contributed by atoms with E-state index < -0.39 is 0 Å². The molecule has 2 rings (SSSR count). The van der Waals surface area contributed by atoms with Gasteiger partial charge in [0.2, 0.25) is 0 Å². The first-order valence-corrected chi connectivity index (χ1v) is 6.31. The number of piperidine rings is 1. The van der Waals surface area contributed by atoms with Gasteiger partial charge in [0.25, 0.3) is 0 Å². The molecule has 0 saturated carbocycles. The topological polar surface area (TPSA) is 24.1 Å². The SMILES string of the molecule is CC1(C)CC(Nc2cc(Cl)ccc2F)CCN1. The first-order valence-electron chi connectivity index (χ1n) is 5.93. The van der Waals surface area contributed by atoms with Crippen LogP contribution in [0.2, 0.25) is 5.02 Å². The molecule has 94 valence electrons. The lowest BCUT2D eigenvalue weighted by Gasteiger charge is -2.37. The van der Waals surface area contributed by atoms with Crippen molar-refractivity contribution in [2.24, 2.45) is 0 Å². The highest BCUT2D eigenvalue weighted by molar-refractivity contribution is 6.30. The van der Waals surface area contributed by atoms with Crippen LogP contribution in [-0.2, 0) is 0 Å². The third-order valence-corrected chi connectivity index (χ3v) is 3.38. The minimum Gasteiger partial charge on any atom is -0.380 e. The molecule has 1 aromatic carbocycles. The maximum atomic E-state index is 13.6. The number of hydrogen-bond donors (Lipinski definition) is 2. The summed E-state index contributed by atoms with van der Waals surface area (Å²) in [5.74, 6) is -0.245. The summed E-state index contributed by atoms with van der Waals surface area (Å²) in [6, 6.07) is 4.90. The van der Waals surface area contributed by atoms with Crippen LogP contribution in [0.15, 0.2) is 18.2 Å². The van der Waals surface area contributed by atoms with Gasteiger partial charge in [-0.2, -0.15) is 0 Å². The summed E-state index contributed by atoms with van der Waals surface area (Å²) in [6.07, 6.45) is 1.97. The fourth-order valence-corrected chi connectivity index (χ4v) is 2.50. The molecule has 1 heterocycles. The molecule has 1 unspecified atom stereocenters. The van der Waals surface area contributed by atoms with Crippen LogP contribution in [-0.4, -0.2) is 18.1 Å². The van der Waals surface area contributed by atoms with Gasteiger partial charge in [0.1, 0.15) is 5.82 Å². The zero-order valence-electron chi connectivity index (χ0n) is 10.2. The van der Waals surface area contributed by atoms with Crippen LogP contribution in [0.4, 0.5) is 10.1 Å². The molecule has 0 amide bonds. The number of nitrogens with one attached hydrogen (secondary N) is 2. The van der Waals surface area contributed by atoms with Gasteiger partial charge in [0, 0.05) is 16.6 Å². The van der Waals surface area contributed by atoms with E-state index in [4.69, 9.17) is 11.6 Å². The molecule has 1 aliphatic heterocycles. The van der Waals surface area contributed by atoms with E-state index in [0.717, 1.165) is 19.4 Å². The van der Waals surface area contributed by atoms with Gasteiger partial charge in [-0.15, -0.1) is 0 Å². The lowest BCUT2D eigenvalue weighted by molar-refractivity contribution is 0.286. The summed E-state index contributed by atoms with van der Waals surface area (Å²) in [4.78, 5) is 0. The van der Waals surface area contributed by atoms with Gasteiger partial charge in [0.15, 0.2) is 0 Å². The maximum absolute atomic E-state index is 13.6. The van der Waals surface area contributed by atoms with E-state index in [0.29, 0.717) is 16.8 Å². The Morgan fingerprint density at radius 3 is 2.94 bits per heavy atom. The van der Waals surface area contributed by atoms with E-state index in [1.807, 2.05) is 0 Å². The Bertz CT molecular complexity index is 406. The van der Waals surface area contributed by atoms with Crippen molar-refractivity contribution in [2.45, 2.75) is 38.3 Å². The number of rotatable bonds is 2. The van der Waals surface area contributed by atoms with Gasteiger partial charge in [-0.25, -0.2) is 4.39 Å². The fraction of sp³-hybridized carbons (Fsp3) is 0.538. The number of anilines is 1. The molecule has 2 N–H and O–H groups in total. The summed E-state index contributed by atoms with van der Waals surface area (Å²) in [5, 5.41) is 7.24. The molecule has 1 atom stereocenters. The highest BCUT2D eigenvalue weighted by atomic mass is 35.5. The number of benzene rings is 1. The summed E-state index contributed by atoms with van der Waals surface area (Å²) in [5.41, 5.74) is 0.602. The Balaban J connectivity index is 2.07. The predicted molar refractivity (Wildman–Crippen MR) is 70.1 cm³/mol. The van der Waals surface area contributed by atoms with E-state index in [1.54, 1.807) is 12.1 Å². The zero-order chi connectivity index (χ0) is 12.5. The quantitative estimate of drug-likeness (QED) is 0.847. The average molecular weight is 257 g/mol. The molecule has 1 aliphatic rings. The Labute approximate surface area is 107 Å². The second kappa shape index (κ2) is 4.83. The van der Waals surface area contributed by atoms with E-state index in [-0.39, 0.29) is 11.4 Å².